The second-order valence-electron chi connectivity index (χ2n) is 22.9. The Morgan fingerprint density at radius 3 is 2.36 bits per heavy atom. The first-order chi connectivity index (χ1) is 35.6. The van der Waals surface area contributed by atoms with E-state index in [4.69, 9.17) is 23.5 Å². The number of aromatic nitrogens is 4. The zero-order chi connectivity index (χ0) is 52.1. The minimum Gasteiger partial charge on any atom is -0.481 e. The molecule has 9 heterocycles. The first kappa shape index (κ1) is 51.6. The van der Waals surface area contributed by atoms with Gasteiger partial charge in [-0.15, -0.1) is 0 Å². The summed E-state index contributed by atoms with van der Waals surface area (Å²) in [4.78, 5) is 50.1. The number of hydrogen-bond donors (Lipinski definition) is 1. The van der Waals surface area contributed by atoms with Crippen LogP contribution >= 0.6 is 0 Å². The fourth-order valence-electron chi connectivity index (χ4n) is 12.9. The number of benzene rings is 2. The molecule has 18 heteroatoms. The summed E-state index contributed by atoms with van der Waals surface area (Å²) in [5.74, 6) is 0.279. The van der Waals surface area contributed by atoms with E-state index < -0.39 is 23.3 Å². The molecule has 6 aliphatic rings. The van der Waals surface area contributed by atoms with E-state index >= 15 is 4.39 Å². The molecule has 74 heavy (non-hydrogen) atoms. The number of rotatable bonds is 13. The lowest BCUT2D eigenvalue weighted by molar-refractivity contribution is -0.140. The quantitative estimate of drug-likeness (QED) is 0.111. The number of aliphatic carboxylic acids is 1. The molecule has 11 rings (SSSR count). The van der Waals surface area contributed by atoms with Crippen LogP contribution in [0.15, 0.2) is 47.1 Å². The maximum absolute atomic E-state index is 16.7. The summed E-state index contributed by atoms with van der Waals surface area (Å²) in [7, 11) is 3.02. The monoisotopic (exact) mass is 1020 g/mol. The van der Waals surface area contributed by atoms with E-state index in [2.05, 4.69) is 46.6 Å². The van der Waals surface area contributed by atoms with E-state index in [1.54, 1.807) is 19.4 Å². The number of aryl methyl sites for hydroxylation is 1. The van der Waals surface area contributed by atoms with E-state index in [1.165, 1.54) is 71.8 Å². The Labute approximate surface area is 433 Å². The molecule has 17 nitrogen and oxygen atoms in total. The number of nitrogens with zero attached hydrogens (tertiary/aromatic N) is 9. The number of amides is 1. The number of hydrogen-bond acceptors (Lipinski definition) is 15. The minimum absolute atomic E-state index is 0.0222. The number of carbonyl (C=O) groups is 2. The third kappa shape index (κ3) is 10.3. The smallest absolute Gasteiger partial charge is 0.410 e. The van der Waals surface area contributed by atoms with E-state index in [1.807, 2.05) is 69.9 Å². The number of fused-ring (bicyclic) bond motifs is 5. The molecule has 5 atom stereocenters. The van der Waals surface area contributed by atoms with Gasteiger partial charge in [0.05, 0.1) is 24.6 Å². The summed E-state index contributed by atoms with van der Waals surface area (Å²) in [6.45, 7) is 19.6. The Kier molecular flexibility index (Phi) is 14.7. The van der Waals surface area contributed by atoms with Crippen molar-refractivity contribution in [3.05, 3.63) is 59.7 Å². The van der Waals surface area contributed by atoms with Crippen LogP contribution in [0.3, 0.4) is 0 Å². The first-order valence-electron chi connectivity index (χ1n) is 26.8. The van der Waals surface area contributed by atoms with Crippen LogP contribution in [0.2, 0.25) is 0 Å². The Balaban J connectivity index is 0.000000182. The van der Waals surface area contributed by atoms with Crippen molar-refractivity contribution >= 4 is 45.4 Å². The van der Waals surface area contributed by atoms with Crippen molar-refractivity contribution in [1.29, 1.82) is 0 Å². The highest BCUT2D eigenvalue weighted by atomic mass is 19.1. The highest BCUT2D eigenvalue weighted by Gasteiger charge is 2.48. The number of pyridine rings is 1. The summed E-state index contributed by atoms with van der Waals surface area (Å²) in [5, 5.41) is 16.0. The maximum Gasteiger partial charge on any atom is 0.410 e. The molecule has 6 fully saturated rings. The van der Waals surface area contributed by atoms with Gasteiger partial charge in [-0.05, 0) is 133 Å². The fraction of sp³-hybridized carbons (Fsp3) is 0.607. The largest absolute Gasteiger partial charge is 0.481 e. The van der Waals surface area contributed by atoms with Crippen molar-refractivity contribution in [1.82, 2.24) is 34.8 Å². The zero-order valence-corrected chi connectivity index (χ0v) is 44.4. The molecule has 6 saturated heterocycles. The topological polar surface area (TPSA) is 172 Å². The van der Waals surface area contributed by atoms with E-state index in [-0.39, 0.29) is 48.1 Å². The van der Waals surface area contributed by atoms with Crippen LogP contribution in [-0.2, 0) is 20.7 Å². The molecule has 1 amide bonds. The van der Waals surface area contributed by atoms with Crippen molar-refractivity contribution < 1.29 is 42.6 Å². The number of methoxy groups -OCH3 is 2. The van der Waals surface area contributed by atoms with Gasteiger partial charge < -0.3 is 43.3 Å². The molecule has 3 aromatic heterocycles. The lowest BCUT2D eigenvalue weighted by atomic mass is 9.72. The van der Waals surface area contributed by atoms with Crippen LogP contribution in [0.4, 0.5) is 20.8 Å². The van der Waals surface area contributed by atoms with Crippen molar-refractivity contribution in [2.24, 2.45) is 11.3 Å². The third-order valence-electron chi connectivity index (χ3n) is 16.5. The van der Waals surface area contributed by atoms with Gasteiger partial charge in [0.25, 0.3) is 0 Å². The number of halogens is 1. The molecule has 6 aliphatic heterocycles. The standard InChI is InChI=1S/C33H38FN5O5.C23H36N4O3/c1-7-19-9-8-10-20-13-23(43-18-41-5)14-24(26(19)20)28-27(34)29-25(15-35-28)30(37-31(36-29)42-6)38-16-21-11-12-22(17-38)39(21)32(40)44-33(2,3)4;1-16(2)21(22(28)29)19-12-20(24-30-19)26-14-23(15-26)7-10-25(11-8-23)13-18-6-5-17-4-3-9-27(17)18/h8-10,13-15,21-22H,7,11-12,16-18H2,1-6H3;12,16-18,21H,3-11,13-15H2,1-2H3,(H,28,29). The Morgan fingerprint density at radius 1 is 0.946 bits per heavy atom. The lowest BCUT2D eigenvalue weighted by Gasteiger charge is -2.54. The van der Waals surface area contributed by atoms with Gasteiger partial charge in [-0.2, -0.15) is 9.97 Å². The van der Waals surface area contributed by atoms with Gasteiger partial charge in [-0.1, -0.05) is 44.1 Å². The molecule has 5 aromatic rings. The van der Waals surface area contributed by atoms with Gasteiger partial charge in [0, 0.05) is 75.2 Å². The number of likely N-dealkylation sites (tertiary alicyclic amines) is 1. The van der Waals surface area contributed by atoms with Crippen LogP contribution < -0.4 is 19.3 Å². The lowest BCUT2D eigenvalue weighted by Crippen LogP contribution is -2.61. The second-order valence-corrected chi connectivity index (χ2v) is 22.9. The third-order valence-corrected chi connectivity index (χ3v) is 16.5. The molecule has 1 spiro atoms. The molecule has 0 aliphatic carbocycles. The maximum atomic E-state index is 16.7. The number of carboxylic acids is 1. The van der Waals surface area contributed by atoms with Crippen LogP contribution in [0.25, 0.3) is 32.9 Å². The molecular weight excluding hydrogens is 946 g/mol. The van der Waals surface area contributed by atoms with E-state index in [9.17, 15) is 14.7 Å². The van der Waals surface area contributed by atoms with Crippen molar-refractivity contribution in [3.63, 3.8) is 0 Å². The molecule has 2 bridgehead atoms. The van der Waals surface area contributed by atoms with Gasteiger partial charge in [-0.25, -0.2) is 9.18 Å². The number of anilines is 2. The van der Waals surface area contributed by atoms with Gasteiger partial charge >= 0.3 is 18.1 Å². The summed E-state index contributed by atoms with van der Waals surface area (Å²) < 4.78 is 44.2. The molecule has 1 N–H and O–H groups in total. The fourth-order valence-corrected chi connectivity index (χ4v) is 12.9. The minimum atomic E-state index is -0.845. The number of carbonyl (C=O) groups excluding carboxylic acids is 1. The predicted octanol–water partition coefficient (Wildman–Crippen LogP) is 9.15. The normalized spacial score (nSPS) is 23.0. The van der Waals surface area contributed by atoms with Crippen molar-refractivity contribution in [2.45, 2.75) is 135 Å². The zero-order valence-electron chi connectivity index (χ0n) is 44.4. The predicted molar refractivity (Wildman–Crippen MR) is 281 cm³/mol. The van der Waals surface area contributed by atoms with Crippen LogP contribution in [0, 0.1) is 17.2 Å². The van der Waals surface area contributed by atoms with E-state index in [0.717, 1.165) is 66.6 Å². The number of piperidine rings is 1. The van der Waals surface area contributed by atoms with Gasteiger partial charge in [-0.3, -0.25) is 19.6 Å². The highest BCUT2D eigenvalue weighted by Crippen LogP contribution is 2.45. The molecule has 2 aromatic carbocycles. The molecule has 398 valence electrons. The van der Waals surface area contributed by atoms with E-state index in [0.29, 0.717) is 46.8 Å². The Bertz CT molecular complexity index is 2830. The summed E-state index contributed by atoms with van der Waals surface area (Å²) in [5.41, 5.74) is 1.77. The Hall–Kier alpha value is -5.85. The molecule has 0 radical (unpaired) electrons. The first-order valence-corrected chi connectivity index (χ1v) is 26.8. The summed E-state index contributed by atoms with van der Waals surface area (Å²) in [6.07, 6.45) is 11.9. The number of ether oxygens (including phenoxy) is 4. The second kappa shape index (κ2) is 21.0. The van der Waals surface area contributed by atoms with Crippen LogP contribution in [-0.4, -0.2) is 155 Å². The SMILES string of the molecule is CC(C)C(C(=O)O)c1cc(N2CC3(CCN(CC4CCC5CCCN54)CC3)C2)no1.CCc1cccc2cc(OCOC)cc(-c3ncc4c(N5CC6CCC(C5)N6C(=O)OC(C)(C)C)nc(OC)nc4c3F)c12. The molecule has 5 unspecified atom stereocenters. The van der Waals surface area contributed by atoms with Gasteiger partial charge in [0.15, 0.2) is 24.2 Å². The highest BCUT2D eigenvalue weighted by molar-refractivity contribution is 6.01. The van der Waals surface area contributed by atoms with Gasteiger partial charge in [0.2, 0.25) is 0 Å². The average Bonchev–Trinajstić information content (AvgIpc) is 4.18. The van der Waals surface area contributed by atoms with Crippen molar-refractivity contribution in [2.75, 3.05) is 83.2 Å². The van der Waals surface area contributed by atoms with Gasteiger partial charge in [0.1, 0.15) is 34.3 Å². The molecular formula is C56H74FN9O8. The average molecular weight is 1020 g/mol. The summed E-state index contributed by atoms with van der Waals surface area (Å²) in [6, 6.07) is 13.2. The molecule has 0 saturated carbocycles. The van der Waals surface area contributed by atoms with Crippen molar-refractivity contribution in [3.8, 4) is 23.0 Å². The Morgan fingerprint density at radius 2 is 1.69 bits per heavy atom. The van der Waals surface area contributed by atoms with Crippen LogP contribution in [0.1, 0.15) is 110 Å². The number of carboxylic acid groups (broad SMARTS) is 1. The summed E-state index contributed by atoms with van der Waals surface area (Å²) >= 11 is 0. The van der Waals surface area contributed by atoms with Crippen LogP contribution in [0.5, 0.6) is 11.8 Å². The number of piperazine rings is 1.